The average Bonchev–Trinajstić information content (AvgIpc) is 2.38. The second kappa shape index (κ2) is 5.34. The Morgan fingerprint density at radius 2 is 1.94 bits per heavy atom. The van der Waals surface area contributed by atoms with E-state index in [-0.39, 0.29) is 19.6 Å². The Labute approximate surface area is 104 Å². The van der Waals surface area contributed by atoms with Crippen molar-refractivity contribution >= 4 is 6.09 Å². The van der Waals surface area contributed by atoms with E-state index in [0.29, 0.717) is 6.54 Å². The topological polar surface area (TPSA) is 41.6 Å². The summed E-state index contributed by atoms with van der Waals surface area (Å²) >= 11 is 0. The molecule has 1 rings (SSSR count). The van der Waals surface area contributed by atoms with Gasteiger partial charge in [-0.15, -0.1) is 0 Å². The molecule has 0 aromatic heterocycles. The molecule has 7 heteroatoms. The summed E-state index contributed by atoms with van der Waals surface area (Å²) in [4.78, 5) is 12.9. The van der Waals surface area contributed by atoms with E-state index < -0.39 is 23.8 Å². The van der Waals surface area contributed by atoms with Gasteiger partial charge in [0.2, 0.25) is 0 Å². The summed E-state index contributed by atoms with van der Waals surface area (Å²) in [6.45, 7) is 5.09. The molecule has 1 saturated heterocycles. The summed E-state index contributed by atoms with van der Waals surface area (Å²) < 4.78 is 43.1. The molecule has 0 unspecified atom stereocenters. The van der Waals surface area contributed by atoms with Crippen LogP contribution in [0, 0.1) is 5.92 Å². The Balaban J connectivity index is 2.67. The normalized spacial score (nSPS) is 22.6. The van der Waals surface area contributed by atoms with Crippen molar-refractivity contribution in [2.45, 2.75) is 32.5 Å². The molecule has 1 aliphatic heterocycles. The third-order valence-corrected chi connectivity index (χ3v) is 2.50. The fourth-order valence-corrected chi connectivity index (χ4v) is 1.62. The van der Waals surface area contributed by atoms with Crippen LogP contribution in [-0.4, -0.2) is 48.9 Å². The number of hydrogen-bond donors (Lipinski definition) is 1. The van der Waals surface area contributed by atoms with Gasteiger partial charge in [0.25, 0.3) is 0 Å². The highest BCUT2D eigenvalue weighted by atomic mass is 19.4. The molecular formula is C11H19F3N2O2. The van der Waals surface area contributed by atoms with E-state index in [1.54, 1.807) is 20.8 Å². The van der Waals surface area contributed by atoms with Crippen LogP contribution >= 0.6 is 0 Å². The standard InChI is InChI=1S/C11H19F3N2O2/c1-10(2,3)18-9(17)16-5-4-15-6-8(7-16)11(12,13)14/h8,15H,4-7H2,1-3H3/t8-/m1/s1. The lowest BCUT2D eigenvalue weighted by atomic mass is 10.1. The Morgan fingerprint density at radius 3 is 2.44 bits per heavy atom. The van der Waals surface area contributed by atoms with Crippen LogP contribution in [0.1, 0.15) is 20.8 Å². The maximum Gasteiger partial charge on any atom is 0.410 e. The van der Waals surface area contributed by atoms with Crippen molar-refractivity contribution in [3.63, 3.8) is 0 Å². The average molecular weight is 268 g/mol. The number of amides is 1. The van der Waals surface area contributed by atoms with Gasteiger partial charge in [-0.25, -0.2) is 4.79 Å². The highest BCUT2D eigenvalue weighted by molar-refractivity contribution is 5.68. The van der Waals surface area contributed by atoms with Gasteiger partial charge in [0.15, 0.2) is 0 Å². The van der Waals surface area contributed by atoms with Crippen molar-refractivity contribution in [3.05, 3.63) is 0 Å². The van der Waals surface area contributed by atoms with Gasteiger partial charge >= 0.3 is 12.3 Å². The first-order valence-corrected chi connectivity index (χ1v) is 5.85. The van der Waals surface area contributed by atoms with Gasteiger partial charge in [-0.2, -0.15) is 13.2 Å². The molecule has 0 aliphatic carbocycles. The van der Waals surface area contributed by atoms with Crippen LogP contribution in [0.5, 0.6) is 0 Å². The van der Waals surface area contributed by atoms with Gasteiger partial charge in [-0.05, 0) is 20.8 Å². The molecule has 0 radical (unpaired) electrons. The summed E-state index contributed by atoms with van der Waals surface area (Å²) in [6.07, 6.45) is -5.00. The third kappa shape index (κ3) is 4.72. The SMILES string of the molecule is CC(C)(C)OC(=O)N1CCNC[C@@H](C(F)(F)F)C1. The number of alkyl halides is 3. The molecule has 0 aromatic rings. The van der Waals surface area contributed by atoms with Crippen LogP contribution in [0.3, 0.4) is 0 Å². The first-order chi connectivity index (χ1) is 8.09. The van der Waals surface area contributed by atoms with Gasteiger partial charge in [0.1, 0.15) is 5.60 Å². The zero-order valence-corrected chi connectivity index (χ0v) is 10.8. The second-order valence-electron chi connectivity index (χ2n) is 5.37. The number of rotatable bonds is 0. The van der Waals surface area contributed by atoms with Crippen LogP contribution in [-0.2, 0) is 4.74 Å². The highest BCUT2D eigenvalue weighted by Gasteiger charge is 2.42. The van der Waals surface area contributed by atoms with Crippen molar-refractivity contribution in [3.8, 4) is 0 Å². The summed E-state index contributed by atoms with van der Waals surface area (Å²) in [5, 5.41) is 2.68. The minimum atomic E-state index is -4.31. The van der Waals surface area contributed by atoms with Crippen molar-refractivity contribution in [1.82, 2.24) is 10.2 Å². The van der Waals surface area contributed by atoms with E-state index in [9.17, 15) is 18.0 Å². The summed E-state index contributed by atoms with van der Waals surface area (Å²) in [5.74, 6) is -1.55. The minimum absolute atomic E-state index is 0.164. The fourth-order valence-electron chi connectivity index (χ4n) is 1.62. The van der Waals surface area contributed by atoms with Gasteiger partial charge in [-0.1, -0.05) is 0 Å². The maximum atomic E-state index is 12.7. The van der Waals surface area contributed by atoms with Crippen LogP contribution in [0.15, 0.2) is 0 Å². The molecule has 18 heavy (non-hydrogen) atoms. The van der Waals surface area contributed by atoms with Gasteiger partial charge in [0.05, 0.1) is 5.92 Å². The van der Waals surface area contributed by atoms with Crippen molar-refractivity contribution < 1.29 is 22.7 Å². The van der Waals surface area contributed by atoms with E-state index in [1.807, 2.05) is 0 Å². The predicted molar refractivity (Wildman–Crippen MR) is 60.2 cm³/mol. The molecule has 4 nitrogen and oxygen atoms in total. The van der Waals surface area contributed by atoms with Gasteiger partial charge < -0.3 is 15.0 Å². The highest BCUT2D eigenvalue weighted by Crippen LogP contribution is 2.27. The molecule has 0 aromatic carbocycles. The first kappa shape index (κ1) is 15.1. The molecule has 0 spiro atoms. The largest absolute Gasteiger partial charge is 0.444 e. The quantitative estimate of drug-likeness (QED) is 0.730. The number of nitrogens with zero attached hydrogens (tertiary/aromatic N) is 1. The summed E-state index contributed by atoms with van der Waals surface area (Å²) in [6, 6.07) is 0. The number of halogens is 3. The molecule has 1 atom stereocenters. The Bertz CT molecular complexity index is 300. The summed E-state index contributed by atoms with van der Waals surface area (Å²) in [7, 11) is 0. The van der Waals surface area contributed by atoms with E-state index in [1.165, 1.54) is 0 Å². The van der Waals surface area contributed by atoms with E-state index in [2.05, 4.69) is 5.32 Å². The molecule has 0 saturated carbocycles. The lowest BCUT2D eigenvalue weighted by Gasteiger charge is -2.28. The van der Waals surface area contributed by atoms with E-state index in [0.717, 1.165) is 4.90 Å². The van der Waals surface area contributed by atoms with Gasteiger partial charge in [-0.3, -0.25) is 0 Å². The first-order valence-electron chi connectivity index (χ1n) is 5.85. The lowest BCUT2D eigenvalue weighted by Crippen LogP contribution is -2.43. The van der Waals surface area contributed by atoms with Crippen LogP contribution in [0.25, 0.3) is 0 Å². The monoisotopic (exact) mass is 268 g/mol. The molecule has 1 heterocycles. The number of nitrogens with one attached hydrogen (secondary N) is 1. The zero-order chi connectivity index (χ0) is 14.0. The number of hydrogen-bond acceptors (Lipinski definition) is 3. The molecule has 1 aliphatic rings. The zero-order valence-electron chi connectivity index (χ0n) is 10.8. The van der Waals surface area contributed by atoms with Gasteiger partial charge in [0, 0.05) is 26.2 Å². The fraction of sp³-hybridized carbons (Fsp3) is 0.909. The molecule has 1 amide bonds. The minimum Gasteiger partial charge on any atom is -0.444 e. The lowest BCUT2D eigenvalue weighted by molar-refractivity contribution is -0.175. The molecular weight excluding hydrogens is 249 g/mol. The second-order valence-corrected chi connectivity index (χ2v) is 5.37. The van der Waals surface area contributed by atoms with Crippen molar-refractivity contribution in [1.29, 1.82) is 0 Å². The Kier molecular flexibility index (Phi) is 4.47. The Hall–Kier alpha value is -0.980. The predicted octanol–water partition coefficient (Wildman–Crippen LogP) is 2.01. The van der Waals surface area contributed by atoms with Crippen molar-refractivity contribution in [2.75, 3.05) is 26.2 Å². The van der Waals surface area contributed by atoms with Crippen LogP contribution < -0.4 is 5.32 Å². The number of carbonyl (C=O) groups is 1. The number of ether oxygens (including phenoxy) is 1. The van der Waals surface area contributed by atoms with Crippen molar-refractivity contribution in [2.24, 2.45) is 5.92 Å². The molecule has 0 bridgehead atoms. The maximum absolute atomic E-state index is 12.7. The summed E-state index contributed by atoms with van der Waals surface area (Å²) in [5.41, 5.74) is -0.704. The molecule has 1 N–H and O–H groups in total. The number of carbonyl (C=O) groups excluding carboxylic acids is 1. The van der Waals surface area contributed by atoms with E-state index in [4.69, 9.17) is 4.74 Å². The third-order valence-electron chi connectivity index (χ3n) is 2.50. The molecule has 1 fully saturated rings. The smallest absolute Gasteiger partial charge is 0.410 e. The Morgan fingerprint density at radius 1 is 1.33 bits per heavy atom. The molecule has 106 valence electrons. The van der Waals surface area contributed by atoms with Crippen LogP contribution in [0.4, 0.5) is 18.0 Å². The van der Waals surface area contributed by atoms with Crippen LogP contribution in [0.2, 0.25) is 0 Å². The van der Waals surface area contributed by atoms with E-state index >= 15 is 0 Å².